The van der Waals surface area contributed by atoms with Crippen molar-refractivity contribution in [3.63, 3.8) is 0 Å². The van der Waals surface area contributed by atoms with Crippen LogP contribution < -0.4 is 5.32 Å². The summed E-state index contributed by atoms with van der Waals surface area (Å²) in [5.74, 6) is -0.308. The minimum Gasteiger partial charge on any atom is -0.450 e. The zero-order valence-electron chi connectivity index (χ0n) is 10.5. The first kappa shape index (κ1) is 15.1. The number of aromatic nitrogens is 1. The molecule has 5 nitrogen and oxygen atoms in total. The zero-order chi connectivity index (χ0) is 14.5. The molecule has 0 aliphatic heterocycles. The molecule has 2 amide bonds. The topological polar surface area (TPSA) is 68.3 Å². The third-order valence-corrected chi connectivity index (χ3v) is 4.59. The van der Waals surface area contributed by atoms with Crippen molar-refractivity contribution in [2.45, 2.75) is 11.3 Å². The molecule has 2 rings (SSSR count). The van der Waals surface area contributed by atoms with Crippen LogP contribution in [0.4, 0.5) is 4.79 Å². The van der Waals surface area contributed by atoms with Gasteiger partial charge in [0.1, 0.15) is 0 Å². The second-order valence-electron chi connectivity index (χ2n) is 3.65. The van der Waals surface area contributed by atoms with E-state index < -0.39 is 12.0 Å². The van der Waals surface area contributed by atoms with E-state index in [2.05, 4.69) is 15.0 Å². The molecule has 1 aromatic heterocycles. The second kappa shape index (κ2) is 6.92. The summed E-state index contributed by atoms with van der Waals surface area (Å²) >= 11 is 8.62. The van der Waals surface area contributed by atoms with Crippen molar-refractivity contribution in [2.24, 2.45) is 0 Å². The molecule has 0 spiro atoms. The lowest BCUT2D eigenvalue weighted by atomic mass is 10.3. The molecule has 0 radical (unpaired) electrons. The van der Waals surface area contributed by atoms with E-state index in [4.69, 9.17) is 11.6 Å². The summed E-state index contributed by atoms with van der Waals surface area (Å²) in [5.41, 5.74) is 0.802. The summed E-state index contributed by atoms with van der Waals surface area (Å²) < 4.78 is 6.37. The van der Waals surface area contributed by atoms with Crippen molar-refractivity contribution in [3.05, 3.63) is 23.2 Å². The van der Waals surface area contributed by atoms with E-state index in [1.807, 2.05) is 6.07 Å². The van der Waals surface area contributed by atoms with Gasteiger partial charge >= 0.3 is 6.09 Å². The van der Waals surface area contributed by atoms with Crippen LogP contribution in [0, 0.1) is 0 Å². The van der Waals surface area contributed by atoms with E-state index in [1.54, 1.807) is 19.1 Å². The van der Waals surface area contributed by atoms with Gasteiger partial charge in [-0.2, -0.15) is 0 Å². The molecule has 8 heteroatoms. The van der Waals surface area contributed by atoms with Gasteiger partial charge in [0.05, 0.1) is 22.6 Å². The first-order valence-corrected chi connectivity index (χ1v) is 7.92. The van der Waals surface area contributed by atoms with E-state index in [0.717, 1.165) is 14.6 Å². The molecule has 1 heterocycles. The molecular weight excluding hydrogens is 320 g/mol. The van der Waals surface area contributed by atoms with Crippen LogP contribution in [0.15, 0.2) is 22.5 Å². The Morgan fingerprint density at radius 2 is 2.30 bits per heavy atom. The van der Waals surface area contributed by atoms with Crippen LogP contribution in [0.25, 0.3) is 10.2 Å². The number of alkyl carbamates (subject to hydrolysis) is 1. The number of thiazole rings is 1. The highest BCUT2D eigenvalue weighted by Gasteiger charge is 2.11. The fourth-order valence-corrected chi connectivity index (χ4v) is 3.40. The fraction of sp³-hybridized carbons (Fsp3) is 0.250. The molecule has 106 valence electrons. The fourth-order valence-electron chi connectivity index (χ4n) is 1.39. The SMILES string of the molecule is CCOC(=O)NC(=O)CSc1nc2cc(Cl)ccc2s1. The lowest BCUT2D eigenvalue weighted by Crippen LogP contribution is -2.32. The van der Waals surface area contributed by atoms with Gasteiger partial charge in [-0.25, -0.2) is 9.78 Å². The molecule has 0 fully saturated rings. The normalized spacial score (nSPS) is 10.5. The standard InChI is InChI=1S/C12H11ClN2O3S2/c1-2-18-11(17)15-10(16)6-19-12-14-8-5-7(13)3-4-9(8)20-12/h3-5H,2,6H2,1H3,(H,15,16,17). The number of halogens is 1. The lowest BCUT2D eigenvalue weighted by molar-refractivity contribution is -0.117. The summed E-state index contributed by atoms with van der Waals surface area (Å²) in [7, 11) is 0. The maximum atomic E-state index is 11.5. The first-order valence-electron chi connectivity index (χ1n) is 5.74. The van der Waals surface area contributed by atoms with Gasteiger partial charge in [-0.15, -0.1) is 11.3 Å². The molecule has 2 aromatic rings. The van der Waals surface area contributed by atoms with Crippen molar-refractivity contribution in [1.29, 1.82) is 0 Å². The van der Waals surface area contributed by atoms with Gasteiger partial charge in [0.2, 0.25) is 5.91 Å². The monoisotopic (exact) mass is 330 g/mol. The average Bonchev–Trinajstić information content (AvgIpc) is 2.78. The van der Waals surface area contributed by atoms with Crippen LogP contribution in [0.1, 0.15) is 6.92 Å². The van der Waals surface area contributed by atoms with Crippen molar-refractivity contribution < 1.29 is 14.3 Å². The molecule has 0 bridgehead atoms. The number of nitrogens with one attached hydrogen (secondary N) is 1. The van der Waals surface area contributed by atoms with Crippen molar-refractivity contribution >= 4 is 56.9 Å². The summed E-state index contributed by atoms with van der Waals surface area (Å²) in [6.07, 6.45) is -0.728. The average molecular weight is 331 g/mol. The Morgan fingerprint density at radius 1 is 1.50 bits per heavy atom. The number of thioether (sulfide) groups is 1. The summed E-state index contributed by atoms with van der Waals surface area (Å²) in [6.45, 7) is 1.90. The highest BCUT2D eigenvalue weighted by molar-refractivity contribution is 8.01. The Balaban J connectivity index is 1.92. The number of hydrogen-bond acceptors (Lipinski definition) is 6. The largest absolute Gasteiger partial charge is 0.450 e. The predicted octanol–water partition coefficient (Wildman–Crippen LogP) is 3.31. The summed E-state index contributed by atoms with van der Waals surface area (Å²) in [5, 5.41) is 2.75. The molecule has 0 atom stereocenters. The molecular formula is C12H11ClN2O3S2. The Morgan fingerprint density at radius 3 is 3.05 bits per heavy atom. The van der Waals surface area contributed by atoms with Crippen molar-refractivity contribution in [1.82, 2.24) is 10.3 Å². The van der Waals surface area contributed by atoms with Gasteiger partial charge in [0.25, 0.3) is 0 Å². The zero-order valence-corrected chi connectivity index (χ0v) is 12.9. The van der Waals surface area contributed by atoms with E-state index in [-0.39, 0.29) is 12.4 Å². The number of carbonyl (C=O) groups is 2. The molecule has 1 N–H and O–H groups in total. The van der Waals surface area contributed by atoms with E-state index in [9.17, 15) is 9.59 Å². The van der Waals surface area contributed by atoms with Crippen LogP contribution in [0.2, 0.25) is 5.02 Å². The van der Waals surface area contributed by atoms with Crippen LogP contribution >= 0.6 is 34.7 Å². The highest BCUT2D eigenvalue weighted by atomic mass is 35.5. The third-order valence-electron chi connectivity index (χ3n) is 2.17. The Kier molecular flexibility index (Phi) is 5.22. The number of nitrogens with zero attached hydrogens (tertiary/aromatic N) is 1. The van der Waals surface area contributed by atoms with Crippen LogP contribution in [-0.2, 0) is 9.53 Å². The maximum absolute atomic E-state index is 11.5. The van der Waals surface area contributed by atoms with Gasteiger partial charge in [-0.05, 0) is 25.1 Å². The molecule has 0 saturated carbocycles. The second-order valence-corrected chi connectivity index (χ2v) is 6.34. The van der Waals surface area contributed by atoms with E-state index in [0.29, 0.717) is 5.02 Å². The van der Waals surface area contributed by atoms with Gasteiger partial charge in [0.15, 0.2) is 4.34 Å². The highest BCUT2D eigenvalue weighted by Crippen LogP contribution is 2.30. The number of ether oxygens (including phenoxy) is 1. The minimum absolute atomic E-state index is 0.104. The third kappa shape index (κ3) is 4.09. The molecule has 1 aromatic carbocycles. The van der Waals surface area contributed by atoms with Crippen LogP contribution in [-0.4, -0.2) is 29.3 Å². The number of fused-ring (bicyclic) bond motifs is 1. The minimum atomic E-state index is -0.728. The number of rotatable bonds is 4. The summed E-state index contributed by atoms with van der Waals surface area (Å²) in [6, 6.07) is 5.46. The molecule has 0 aliphatic carbocycles. The van der Waals surface area contributed by atoms with E-state index >= 15 is 0 Å². The predicted molar refractivity (Wildman–Crippen MR) is 80.5 cm³/mol. The number of carbonyl (C=O) groups excluding carboxylic acids is 2. The molecule has 0 saturated heterocycles. The van der Waals surface area contributed by atoms with E-state index in [1.165, 1.54) is 23.1 Å². The number of benzene rings is 1. The van der Waals surface area contributed by atoms with Crippen molar-refractivity contribution in [2.75, 3.05) is 12.4 Å². The van der Waals surface area contributed by atoms with Gasteiger partial charge < -0.3 is 4.74 Å². The molecule has 0 unspecified atom stereocenters. The van der Waals surface area contributed by atoms with Gasteiger partial charge in [-0.1, -0.05) is 23.4 Å². The summed E-state index contributed by atoms with van der Waals surface area (Å²) in [4.78, 5) is 26.9. The Bertz CT molecular complexity index is 645. The molecule has 20 heavy (non-hydrogen) atoms. The first-order chi connectivity index (χ1) is 9.58. The molecule has 0 aliphatic rings. The number of imide groups is 1. The van der Waals surface area contributed by atoms with Gasteiger partial charge in [0, 0.05) is 5.02 Å². The van der Waals surface area contributed by atoms with Crippen molar-refractivity contribution in [3.8, 4) is 0 Å². The Hall–Kier alpha value is -1.31. The lowest BCUT2D eigenvalue weighted by Gasteiger charge is -2.02. The van der Waals surface area contributed by atoms with Crippen LogP contribution in [0.3, 0.4) is 0 Å². The Labute approximate surface area is 128 Å². The van der Waals surface area contributed by atoms with Crippen LogP contribution in [0.5, 0.6) is 0 Å². The van der Waals surface area contributed by atoms with Gasteiger partial charge in [-0.3, -0.25) is 10.1 Å². The quantitative estimate of drug-likeness (QED) is 0.871. The number of amides is 2. The number of hydrogen-bond donors (Lipinski definition) is 1. The maximum Gasteiger partial charge on any atom is 0.413 e. The smallest absolute Gasteiger partial charge is 0.413 e.